The maximum absolute atomic E-state index is 2.22. The molecule has 1 heterocycles. The van der Waals surface area contributed by atoms with Crippen molar-refractivity contribution in [2.24, 2.45) is 0 Å². The summed E-state index contributed by atoms with van der Waals surface area (Å²) >= 11 is 0. The van der Waals surface area contributed by atoms with E-state index in [4.69, 9.17) is 0 Å². The van der Waals surface area contributed by atoms with Gasteiger partial charge in [-0.3, -0.25) is 0 Å². The van der Waals surface area contributed by atoms with Crippen molar-refractivity contribution in [3.05, 3.63) is 41.7 Å². The van der Waals surface area contributed by atoms with Crippen LogP contribution in [0.2, 0.25) is 0 Å². The van der Waals surface area contributed by atoms with Crippen LogP contribution in [0.3, 0.4) is 0 Å². The minimum Gasteiger partial charge on any atom is -0.201 e. The molecule has 0 fully saturated rings. The number of nitrogens with zero attached hydrogens (tertiary/aromatic N) is 1. The Labute approximate surface area is 74.4 Å². The number of aryl methyl sites for hydroxylation is 1. The van der Waals surface area contributed by atoms with Gasteiger partial charge >= 0.3 is 0 Å². The third kappa shape index (κ3) is 2.87. The molecular weight excluding hydrogens is 146 g/mol. The lowest BCUT2D eigenvalue weighted by Gasteiger charge is -1.93. The van der Waals surface area contributed by atoms with Gasteiger partial charge in [-0.05, 0) is 32.9 Å². The van der Waals surface area contributed by atoms with Crippen LogP contribution in [0.1, 0.15) is 19.4 Å². The minimum atomic E-state index is 0.976. The van der Waals surface area contributed by atoms with Crippen molar-refractivity contribution in [1.29, 1.82) is 0 Å². The summed E-state index contributed by atoms with van der Waals surface area (Å²) in [7, 11) is 0. The van der Waals surface area contributed by atoms with Gasteiger partial charge in [0, 0.05) is 11.6 Å². The van der Waals surface area contributed by atoms with Crippen LogP contribution in [0.25, 0.3) is 0 Å². The molecule has 1 aromatic rings. The summed E-state index contributed by atoms with van der Waals surface area (Å²) in [4.78, 5) is 0. The van der Waals surface area contributed by atoms with Crippen LogP contribution < -0.4 is 4.57 Å². The fraction of sp³-hybridized carbons (Fsp3) is 0.364. The molecule has 0 aliphatic carbocycles. The smallest absolute Gasteiger partial charge is 0.172 e. The van der Waals surface area contributed by atoms with E-state index >= 15 is 0 Å². The van der Waals surface area contributed by atoms with Crippen molar-refractivity contribution in [3.63, 3.8) is 0 Å². The summed E-state index contributed by atoms with van der Waals surface area (Å²) in [6, 6.07) is 4.19. The molecule has 0 aliphatic rings. The number of hydrogen-bond acceptors (Lipinski definition) is 0. The normalized spacial score (nSPS) is 9.58. The van der Waals surface area contributed by atoms with Gasteiger partial charge in [-0.2, -0.15) is 0 Å². The number of hydrogen-bond donors (Lipinski definition) is 0. The van der Waals surface area contributed by atoms with Gasteiger partial charge in [0.05, 0.1) is 0 Å². The second-order valence-corrected chi connectivity index (χ2v) is 3.36. The molecule has 0 unspecified atom stereocenters. The second-order valence-electron chi connectivity index (χ2n) is 3.36. The molecule has 1 nitrogen and oxygen atoms in total. The van der Waals surface area contributed by atoms with E-state index in [2.05, 4.69) is 55.9 Å². The molecular formula is C11H16N+. The molecule has 0 bridgehead atoms. The van der Waals surface area contributed by atoms with Crippen LogP contribution in [0.15, 0.2) is 36.2 Å². The van der Waals surface area contributed by atoms with Gasteiger partial charge in [0.1, 0.15) is 0 Å². The van der Waals surface area contributed by atoms with Crippen molar-refractivity contribution in [1.82, 2.24) is 0 Å². The third-order valence-corrected chi connectivity index (χ3v) is 1.72. The quantitative estimate of drug-likeness (QED) is 0.464. The lowest BCUT2D eigenvalue weighted by molar-refractivity contribution is -0.687. The van der Waals surface area contributed by atoms with E-state index in [0.717, 1.165) is 6.54 Å². The first-order valence-electron chi connectivity index (χ1n) is 4.27. The van der Waals surface area contributed by atoms with E-state index in [9.17, 15) is 0 Å². The SMILES string of the molecule is CC(C)=CC[n+]1cccc(C)c1. The summed E-state index contributed by atoms with van der Waals surface area (Å²) < 4.78 is 2.18. The number of pyridine rings is 1. The highest BCUT2D eigenvalue weighted by molar-refractivity contribution is 5.01. The summed E-state index contributed by atoms with van der Waals surface area (Å²) in [5.41, 5.74) is 2.67. The highest BCUT2D eigenvalue weighted by Crippen LogP contribution is 1.91. The van der Waals surface area contributed by atoms with Gasteiger partial charge in [-0.15, -0.1) is 0 Å². The maximum atomic E-state index is 2.22. The first kappa shape index (κ1) is 8.98. The Morgan fingerprint density at radius 1 is 1.50 bits per heavy atom. The fourth-order valence-corrected chi connectivity index (χ4v) is 1.05. The van der Waals surface area contributed by atoms with Crippen molar-refractivity contribution in [3.8, 4) is 0 Å². The van der Waals surface area contributed by atoms with E-state index in [1.54, 1.807) is 0 Å². The molecule has 1 aromatic heterocycles. The Morgan fingerprint density at radius 3 is 2.83 bits per heavy atom. The van der Waals surface area contributed by atoms with Crippen molar-refractivity contribution >= 4 is 0 Å². The Bertz CT molecular complexity index is 283. The van der Waals surface area contributed by atoms with E-state index in [0.29, 0.717) is 0 Å². The standard InChI is InChI=1S/C11H16N/c1-10(2)6-8-12-7-4-5-11(3)9-12/h4-7,9H,8H2,1-3H3/q+1. The van der Waals surface area contributed by atoms with Crippen LogP contribution in [0.5, 0.6) is 0 Å². The monoisotopic (exact) mass is 162 g/mol. The predicted octanol–water partition coefficient (Wildman–Crippen LogP) is 2.25. The summed E-state index contributed by atoms with van der Waals surface area (Å²) in [6.07, 6.45) is 6.46. The topological polar surface area (TPSA) is 3.88 Å². The van der Waals surface area contributed by atoms with Crippen LogP contribution in [-0.2, 0) is 6.54 Å². The Hall–Kier alpha value is -1.11. The van der Waals surface area contributed by atoms with Crippen LogP contribution in [-0.4, -0.2) is 0 Å². The molecule has 0 saturated heterocycles. The zero-order valence-electron chi connectivity index (χ0n) is 8.04. The van der Waals surface area contributed by atoms with Crippen molar-refractivity contribution in [2.75, 3.05) is 0 Å². The molecule has 0 spiro atoms. The molecule has 1 heteroatoms. The highest BCUT2D eigenvalue weighted by atomic mass is 14.9. The Kier molecular flexibility index (Phi) is 3.03. The average molecular weight is 162 g/mol. The zero-order chi connectivity index (χ0) is 8.97. The van der Waals surface area contributed by atoms with Gasteiger partial charge in [0.2, 0.25) is 0 Å². The predicted molar refractivity (Wildman–Crippen MR) is 50.8 cm³/mol. The summed E-state index contributed by atoms with van der Waals surface area (Å²) in [5, 5.41) is 0. The van der Waals surface area contributed by atoms with E-state index in [1.165, 1.54) is 11.1 Å². The summed E-state index contributed by atoms with van der Waals surface area (Å²) in [6.45, 7) is 7.33. The largest absolute Gasteiger partial charge is 0.201 e. The number of aromatic nitrogens is 1. The molecule has 12 heavy (non-hydrogen) atoms. The van der Waals surface area contributed by atoms with Crippen LogP contribution >= 0.6 is 0 Å². The first-order valence-corrected chi connectivity index (χ1v) is 4.27. The first-order chi connectivity index (χ1) is 5.68. The minimum absolute atomic E-state index is 0.976. The van der Waals surface area contributed by atoms with Crippen LogP contribution in [0, 0.1) is 6.92 Å². The molecule has 0 amide bonds. The van der Waals surface area contributed by atoms with E-state index in [1.807, 2.05) is 0 Å². The molecule has 0 aromatic carbocycles. The molecule has 64 valence electrons. The van der Waals surface area contributed by atoms with Gasteiger partial charge < -0.3 is 0 Å². The lowest BCUT2D eigenvalue weighted by atomic mass is 10.3. The lowest BCUT2D eigenvalue weighted by Crippen LogP contribution is -2.31. The number of rotatable bonds is 2. The van der Waals surface area contributed by atoms with Crippen molar-refractivity contribution < 1.29 is 4.57 Å². The Balaban J connectivity index is 2.70. The molecule has 0 saturated carbocycles. The van der Waals surface area contributed by atoms with Crippen molar-refractivity contribution in [2.45, 2.75) is 27.3 Å². The molecule has 0 aliphatic heterocycles. The molecule has 0 N–H and O–H groups in total. The average Bonchev–Trinajstić information content (AvgIpc) is 2.01. The van der Waals surface area contributed by atoms with E-state index in [-0.39, 0.29) is 0 Å². The van der Waals surface area contributed by atoms with Gasteiger partial charge in [0.25, 0.3) is 0 Å². The second kappa shape index (κ2) is 4.05. The van der Waals surface area contributed by atoms with Gasteiger partial charge in [-0.1, -0.05) is 5.57 Å². The zero-order valence-corrected chi connectivity index (χ0v) is 8.04. The van der Waals surface area contributed by atoms with Crippen LogP contribution in [0.4, 0.5) is 0 Å². The fourth-order valence-electron chi connectivity index (χ4n) is 1.05. The maximum Gasteiger partial charge on any atom is 0.172 e. The molecule has 1 rings (SSSR count). The van der Waals surface area contributed by atoms with Gasteiger partial charge in [0.15, 0.2) is 18.9 Å². The highest BCUT2D eigenvalue weighted by Gasteiger charge is 1.95. The molecule has 0 radical (unpaired) electrons. The van der Waals surface area contributed by atoms with Gasteiger partial charge in [-0.25, -0.2) is 4.57 Å². The summed E-state index contributed by atoms with van der Waals surface area (Å²) in [5.74, 6) is 0. The molecule has 0 atom stereocenters. The third-order valence-electron chi connectivity index (χ3n) is 1.72. The van der Waals surface area contributed by atoms with E-state index < -0.39 is 0 Å². The Morgan fingerprint density at radius 2 is 2.25 bits per heavy atom. The number of allylic oxidation sites excluding steroid dienone is 2.